The zero-order valence-corrected chi connectivity index (χ0v) is 13.4. The maximum Gasteiger partial charge on any atom is 0.306 e. The van der Waals surface area contributed by atoms with E-state index in [-0.39, 0.29) is 27.3 Å². The quantitative estimate of drug-likeness (QED) is 0.429. The fraction of sp³-hybridized carbons (Fsp3) is 0. The van der Waals surface area contributed by atoms with Crippen LogP contribution in [0.5, 0.6) is 0 Å². The number of hydrogen-bond donors (Lipinski definition) is 1. The van der Waals surface area contributed by atoms with Crippen LogP contribution in [-0.4, -0.2) is 13.3 Å². The van der Waals surface area contributed by atoms with Gasteiger partial charge >= 0.3 is 5.69 Å². The van der Waals surface area contributed by atoms with Crippen molar-refractivity contribution in [2.24, 2.45) is 10.2 Å². The van der Waals surface area contributed by atoms with Gasteiger partial charge in [0.25, 0.3) is 10.0 Å². The van der Waals surface area contributed by atoms with Gasteiger partial charge in [-0.2, -0.15) is 5.11 Å². The molecule has 0 spiro atoms. The first-order chi connectivity index (χ1) is 12.0. The molecular formula is C16H10N4O4S. The Labute approximate surface area is 142 Å². The van der Waals surface area contributed by atoms with Crippen molar-refractivity contribution in [3.05, 3.63) is 64.7 Å². The lowest BCUT2D eigenvalue weighted by Crippen LogP contribution is -2.25. The summed E-state index contributed by atoms with van der Waals surface area (Å²) in [5.41, 5.74) is 0.222. The Balaban J connectivity index is 2.04. The van der Waals surface area contributed by atoms with E-state index in [2.05, 4.69) is 15.0 Å². The molecule has 0 aromatic heterocycles. The molecule has 0 unspecified atom stereocenters. The van der Waals surface area contributed by atoms with Crippen molar-refractivity contribution in [3.8, 4) is 0 Å². The van der Waals surface area contributed by atoms with Gasteiger partial charge in [-0.3, -0.25) is 14.8 Å². The average Bonchev–Trinajstić information content (AvgIpc) is 2.58. The lowest BCUT2D eigenvalue weighted by Gasteiger charge is -2.24. The van der Waals surface area contributed by atoms with Crippen LogP contribution in [0.3, 0.4) is 0 Å². The molecular weight excluding hydrogens is 344 g/mol. The molecule has 0 saturated heterocycles. The molecule has 3 aromatic rings. The molecule has 0 aliphatic carbocycles. The van der Waals surface area contributed by atoms with Gasteiger partial charge in [0.1, 0.15) is 10.6 Å². The molecule has 8 nitrogen and oxygen atoms in total. The first-order valence-corrected chi connectivity index (χ1v) is 8.70. The van der Waals surface area contributed by atoms with Crippen LogP contribution in [0, 0.1) is 10.1 Å². The van der Waals surface area contributed by atoms with Crippen LogP contribution < -0.4 is 4.72 Å². The Morgan fingerprint density at radius 2 is 1.56 bits per heavy atom. The second kappa shape index (κ2) is 5.35. The Morgan fingerprint density at radius 1 is 0.920 bits per heavy atom. The van der Waals surface area contributed by atoms with Crippen LogP contribution in [-0.2, 0) is 10.0 Å². The number of nitro benzene ring substituents is 1. The number of benzene rings is 3. The minimum atomic E-state index is -3.69. The average molecular weight is 354 g/mol. The largest absolute Gasteiger partial charge is 0.306 e. The highest BCUT2D eigenvalue weighted by molar-refractivity contribution is 7.94. The number of nitro groups is 1. The molecule has 1 aliphatic rings. The number of azo groups is 1. The van der Waals surface area contributed by atoms with Crippen molar-refractivity contribution < 1.29 is 13.3 Å². The van der Waals surface area contributed by atoms with Gasteiger partial charge in [-0.1, -0.05) is 36.4 Å². The van der Waals surface area contributed by atoms with Gasteiger partial charge < -0.3 is 0 Å². The molecule has 0 fully saturated rings. The fourth-order valence-corrected chi connectivity index (χ4v) is 4.07. The number of sulfonamides is 1. The lowest BCUT2D eigenvalue weighted by atomic mass is 10.1. The molecule has 0 amide bonds. The van der Waals surface area contributed by atoms with Crippen LogP contribution >= 0.6 is 0 Å². The van der Waals surface area contributed by atoms with E-state index in [1.54, 1.807) is 42.5 Å². The first-order valence-electron chi connectivity index (χ1n) is 7.22. The summed E-state index contributed by atoms with van der Waals surface area (Å²) in [7, 11) is -3.69. The highest BCUT2D eigenvalue weighted by atomic mass is 32.2. The minimum absolute atomic E-state index is 0.00992. The zero-order chi connectivity index (χ0) is 17.6. The third-order valence-electron chi connectivity index (χ3n) is 3.82. The van der Waals surface area contributed by atoms with Crippen molar-refractivity contribution in [1.29, 1.82) is 0 Å². The Bertz CT molecular complexity index is 1160. The van der Waals surface area contributed by atoms with Crippen molar-refractivity contribution >= 4 is 43.5 Å². The topological polar surface area (TPSA) is 114 Å². The summed E-state index contributed by atoms with van der Waals surface area (Å²) in [6.45, 7) is 0. The third-order valence-corrected chi connectivity index (χ3v) is 5.26. The van der Waals surface area contributed by atoms with E-state index >= 15 is 0 Å². The normalized spacial score (nSPS) is 14.7. The second-order valence-corrected chi connectivity index (χ2v) is 6.96. The summed E-state index contributed by atoms with van der Waals surface area (Å²) in [5, 5.41) is 20.1. The summed E-state index contributed by atoms with van der Waals surface area (Å²) in [6, 6.07) is 15.0. The van der Waals surface area contributed by atoms with Gasteiger partial charge in [0.15, 0.2) is 5.69 Å². The van der Waals surface area contributed by atoms with E-state index < -0.39 is 14.9 Å². The molecule has 1 N–H and O–H groups in total. The minimum Gasteiger partial charge on any atom is -0.276 e. The van der Waals surface area contributed by atoms with Gasteiger partial charge in [0, 0.05) is 5.39 Å². The summed E-state index contributed by atoms with van der Waals surface area (Å²) in [5.74, 6) is 0. The highest BCUT2D eigenvalue weighted by Gasteiger charge is 2.40. The number of nitrogens with zero attached hydrogens (tertiary/aromatic N) is 3. The monoisotopic (exact) mass is 354 g/mol. The van der Waals surface area contributed by atoms with E-state index in [4.69, 9.17) is 0 Å². The summed E-state index contributed by atoms with van der Waals surface area (Å²) >= 11 is 0. The third kappa shape index (κ3) is 2.32. The number of rotatable bonds is 3. The van der Waals surface area contributed by atoms with Crippen LogP contribution in [0.2, 0.25) is 0 Å². The van der Waals surface area contributed by atoms with Gasteiger partial charge in [-0.25, -0.2) is 8.42 Å². The fourth-order valence-electron chi connectivity index (χ4n) is 2.77. The van der Waals surface area contributed by atoms with Crippen LogP contribution in [0.15, 0.2) is 69.7 Å². The molecule has 0 atom stereocenters. The van der Waals surface area contributed by atoms with Gasteiger partial charge in [-0.15, -0.1) is 5.11 Å². The Morgan fingerprint density at radius 3 is 2.20 bits per heavy atom. The SMILES string of the molecule is O=[N+]([O-])c1c(N=Nc2ccccc2)c2c(c3ccccc13)S(=O)(=O)N2. The van der Waals surface area contributed by atoms with Crippen molar-refractivity contribution in [2.75, 3.05) is 4.72 Å². The molecule has 3 aromatic carbocycles. The van der Waals surface area contributed by atoms with E-state index in [0.29, 0.717) is 11.1 Å². The smallest absolute Gasteiger partial charge is 0.276 e. The van der Waals surface area contributed by atoms with Crippen LogP contribution in [0.25, 0.3) is 10.8 Å². The van der Waals surface area contributed by atoms with E-state index in [1.165, 1.54) is 12.1 Å². The van der Waals surface area contributed by atoms with E-state index in [1.807, 2.05) is 0 Å². The van der Waals surface area contributed by atoms with Crippen molar-refractivity contribution in [2.45, 2.75) is 4.90 Å². The summed E-state index contributed by atoms with van der Waals surface area (Å²) in [4.78, 5) is 11.1. The molecule has 0 bridgehead atoms. The highest BCUT2D eigenvalue weighted by Crippen LogP contribution is 2.52. The van der Waals surface area contributed by atoms with Gasteiger partial charge in [0.05, 0.1) is 16.0 Å². The van der Waals surface area contributed by atoms with Gasteiger partial charge in [-0.05, 0) is 18.2 Å². The second-order valence-electron chi connectivity index (χ2n) is 5.35. The Kier molecular flexibility index (Phi) is 3.25. The van der Waals surface area contributed by atoms with E-state index in [0.717, 1.165) is 0 Å². The summed E-state index contributed by atoms with van der Waals surface area (Å²) in [6.07, 6.45) is 0. The van der Waals surface area contributed by atoms with Gasteiger partial charge in [0.2, 0.25) is 0 Å². The molecule has 1 aliphatic heterocycles. The molecule has 0 saturated carbocycles. The maximum atomic E-state index is 12.1. The molecule has 0 radical (unpaired) electrons. The number of anilines is 1. The molecule has 4 rings (SSSR count). The number of hydrogen-bond acceptors (Lipinski definition) is 6. The van der Waals surface area contributed by atoms with Crippen molar-refractivity contribution in [3.63, 3.8) is 0 Å². The van der Waals surface area contributed by atoms with Crippen molar-refractivity contribution in [1.82, 2.24) is 0 Å². The molecule has 1 heterocycles. The summed E-state index contributed by atoms with van der Waals surface area (Å²) < 4.78 is 26.4. The van der Waals surface area contributed by atoms with Crippen LogP contribution in [0.4, 0.5) is 22.7 Å². The molecule has 25 heavy (non-hydrogen) atoms. The standard InChI is InChI=1S/C16H10N4O4S/c21-20(22)15-11-8-4-5-9-12(11)16-14(19-25(16,23)24)13(15)18-17-10-6-2-1-3-7-10/h1-9,19H. The molecule has 9 heteroatoms. The lowest BCUT2D eigenvalue weighted by molar-refractivity contribution is -0.382. The first kappa shape index (κ1) is 15.2. The Hall–Kier alpha value is -3.33. The zero-order valence-electron chi connectivity index (χ0n) is 12.6. The predicted octanol–water partition coefficient (Wildman–Crippen LogP) is 4.28. The van der Waals surface area contributed by atoms with Crippen LogP contribution in [0.1, 0.15) is 0 Å². The molecule has 124 valence electrons. The van der Waals surface area contributed by atoms with E-state index in [9.17, 15) is 18.5 Å². The number of nitrogens with one attached hydrogen (secondary N) is 1. The number of fused-ring (bicyclic) bond motifs is 3. The maximum absolute atomic E-state index is 12.1. The predicted molar refractivity (Wildman–Crippen MR) is 92.0 cm³/mol.